The fourth-order valence-electron chi connectivity index (χ4n) is 3.96. The number of imide groups is 1. The average molecular weight is 412 g/mol. The molecular formula is C20H16N2O4S2. The first kappa shape index (κ1) is 17.5. The summed E-state index contributed by atoms with van der Waals surface area (Å²) in [5.41, 5.74) is 0.797. The van der Waals surface area contributed by atoms with E-state index in [4.69, 9.17) is 0 Å². The van der Waals surface area contributed by atoms with Gasteiger partial charge in [-0.05, 0) is 42.5 Å². The van der Waals surface area contributed by atoms with Gasteiger partial charge in [-0.25, -0.2) is 13.3 Å². The number of anilines is 1. The van der Waals surface area contributed by atoms with E-state index < -0.39 is 21.8 Å². The number of hydrogen-bond acceptors (Lipinski definition) is 5. The van der Waals surface area contributed by atoms with Gasteiger partial charge in [0.25, 0.3) is 11.8 Å². The number of amides is 2. The van der Waals surface area contributed by atoms with Crippen LogP contribution in [0.1, 0.15) is 32.9 Å². The first-order chi connectivity index (χ1) is 13.5. The molecule has 1 saturated heterocycles. The van der Waals surface area contributed by atoms with Crippen LogP contribution in [0.4, 0.5) is 5.69 Å². The maximum atomic E-state index is 13.1. The number of hydrogen-bond donors (Lipinski definition) is 0. The van der Waals surface area contributed by atoms with Crippen molar-refractivity contribution in [3.63, 3.8) is 0 Å². The molecule has 3 heterocycles. The summed E-state index contributed by atoms with van der Waals surface area (Å²) in [5.74, 6) is -0.817. The van der Waals surface area contributed by atoms with E-state index >= 15 is 0 Å². The van der Waals surface area contributed by atoms with E-state index in [9.17, 15) is 18.0 Å². The number of carbonyl (C=O) groups is 2. The van der Waals surface area contributed by atoms with Crippen molar-refractivity contribution in [1.29, 1.82) is 0 Å². The Bertz CT molecular complexity index is 1230. The first-order valence-corrected chi connectivity index (χ1v) is 11.3. The number of thiophene rings is 1. The van der Waals surface area contributed by atoms with Crippen LogP contribution in [0.25, 0.3) is 10.8 Å². The Hall–Kier alpha value is -2.55. The monoisotopic (exact) mass is 412 g/mol. The Morgan fingerprint density at radius 1 is 1.00 bits per heavy atom. The molecule has 142 valence electrons. The molecule has 2 amide bonds. The van der Waals surface area contributed by atoms with E-state index in [1.54, 1.807) is 41.8 Å². The molecule has 0 unspecified atom stereocenters. The fraction of sp³-hybridized carbons (Fsp3) is 0.200. The Morgan fingerprint density at radius 3 is 2.50 bits per heavy atom. The van der Waals surface area contributed by atoms with Crippen molar-refractivity contribution >= 4 is 49.6 Å². The van der Waals surface area contributed by atoms with Gasteiger partial charge in [0, 0.05) is 23.9 Å². The van der Waals surface area contributed by atoms with Gasteiger partial charge in [-0.15, -0.1) is 11.3 Å². The van der Waals surface area contributed by atoms with Crippen molar-refractivity contribution in [2.45, 2.75) is 17.7 Å². The second-order valence-electron chi connectivity index (χ2n) is 6.85. The van der Waals surface area contributed by atoms with Gasteiger partial charge in [-0.2, -0.15) is 4.31 Å². The van der Waals surface area contributed by atoms with Crippen molar-refractivity contribution < 1.29 is 18.0 Å². The number of sulfonamides is 1. The fourth-order valence-corrected chi connectivity index (χ4v) is 6.32. The van der Waals surface area contributed by atoms with Crippen molar-refractivity contribution in [3.05, 3.63) is 58.3 Å². The van der Waals surface area contributed by atoms with Crippen LogP contribution in [0.15, 0.2) is 52.7 Å². The van der Waals surface area contributed by atoms with Crippen LogP contribution < -0.4 is 4.90 Å². The number of carbonyl (C=O) groups excluding carboxylic acids is 2. The van der Waals surface area contributed by atoms with E-state index in [1.165, 1.54) is 21.7 Å². The topological polar surface area (TPSA) is 74.8 Å². The minimum Gasteiger partial charge on any atom is -0.268 e. The van der Waals surface area contributed by atoms with E-state index in [-0.39, 0.29) is 4.90 Å². The molecular weight excluding hydrogens is 396 g/mol. The maximum absolute atomic E-state index is 13.1. The molecule has 2 aromatic carbocycles. The predicted molar refractivity (Wildman–Crippen MR) is 107 cm³/mol. The van der Waals surface area contributed by atoms with Crippen LogP contribution in [0.5, 0.6) is 0 Å². The number of rotatable bonds is 3. The van der Waals surface area contributed by atoms with Gasteiger partial charge in [-0.3, -0.25) is 9.59 Å². The molecule has 2 aliphatic heterocycles. The van der Waals surface area contributed by atoms with Crippen molar-refractivity contribution in [3.8, 4) is 0 Å². The molecule has 0 aliphatic carbocycles. The molecule has 2 aliphatic rings. The van der Waals surface area contributed by atoms with Gasteiger partial charge in [0.05, 0.1) is 21.0 Å². The molecule has 0 radical (unpaired) electrons. The Labute approximate surface area is 166 Å². The van der Waals surface area contributed by atoms with Gasteiger partial charge >= 0.3 is 0 Å². The third kappa shape index (κ3) is 2.38. The quantitative estimate of drug-likeness (QED) is 0.617. The van der Waals surface area contributed by atoms with Gasteiger partial charge in [-0.1, -0.05) is 18.2 Å². The highest BCUT2D eigenvalue weighted by atomic mass is 32.2. The molecule has 0 saturated carbocycles. The zero-order valence-corrected chi connectivity index (χ0v) is 16.4. The average Bonchev–Trinajstić information content (AvgIpc) is 3.44. The van der Waals surface area contributed by atoms with Gasteiger partial charge in [0.2, 0.25) is 10.0 Å². The van der Waals surface area contributed by atoms with Crippen molar-refractivity contribution in [1.82, 2.24) is 4.31 Å². The summed E-state index contributed by atoms with van der Waals surface area (Å²) in [7, 11) is -3.65. The van der Waals surface area contributed by atoms with Crippen molar-refractivity contribution in [2.75, 3.05) is 18.0 Å². The lowest BCUT2D eigenvalue weighted by Gasteiger charge is -2.18. The smallest absolute Gasteiger partial charge is 0.268 e. The Kier molecular flexibility index (Phi) is 3.90. The second-order valence-corrected chi connectivity index (χ2v) is 9.70. The standard InChI is InChI=1S/C20H16N2O4S2/c23-19-14-6-3-5-13-17(28(25,26)21-10-1-2-11-21)9-8-15(18(13)14)22(19)20(24)16-7-4-12-27-16/h3-9,12H,1-2,10-11H2. The van der Waals surface area contributed by atoms with Gasteiger partial charge in [0.1, 0.15) is 0 Å². The minimum absolute atomic E-state index is 0.188. The van der Waals surface area contributed by atoms with Crippen LogP contribution in [-0.4, -0.2) is 37.6 Å². The normalized spacial score (nSPS) is 17.0. The summed E-state index contributed by atoms with van der Waals surface area (Å²) in [6, 6.07) is 11.5. The van der Waals surface area contributed by atoms with Gasteiger partial charge < -0.3 is 0 Å². The van der Waals surface area contributed by atoms with Crippen LogP contribution in [-0.2, 0) is 10.0 Å². The lowest BCUT2D eigenvalue weighted by Crippen LogP contribution is -2.33. The summed E-state index contributed by atoms with van der Waals surface area (Å²) < 4.78 is 27.8. The lowest BCUT2D eigenvalue weighted by molar-refractivity contribution is 0.0905. The molecule has 1 fully saturated rings. The summed E-state index contributed by atoms with van der Waals surface area (Å²) in [6.07, 6.45) is 1.70. The highest BCUT2D eigenvalue weighted by Gasteiger charge is 2.38. The van der Waals surface area contributed by atoms with E-state index in [0.29, 0.717) is 40.0 Å². The molecule has 1 aromatic heterocycles. The van der Waals surface area contributed by atoms with E-state index in [0.717, 1.165) is 17.7 Å². The number of benzene rings is 2. The summed E-state index contributed by atoms with van der Waals surface area (Å²) in [6.45, 7) is 1.01. The zero-order chi connectivity index (χ0) is 19.5. The second kappa shape index (κ2) is 6.23. The predicted octanol–water partition coefficient (Wildman–Crippen LogP) is 3.49. The lowest BCUT2D eigenvalue weighted by atomic mass is 10.1. The van der Waals surface area contributed by atoms with Crippen LogP contribution >= 0.6 is 11.3 Å². The molecule has 0 spiro atoms. The first-order valence-electron chi connectivity index (χ1n) is 8.98. The third-order valence-electron chi connectivity index (χ3n) is 5.27. The largest absolute Gasteiger partial charge is 0.275 e. The van der Waals surface area contributed by atoms with Crippen LogP contribution in [0, 0.1) is 0 Å². The Balaban J connectivity index is 1.71. The molecule has 5 rings (SSSR count). The van der Waals surface area contributed by atoms with Crippen molar-refractivity contribution in [2.24, 2.45) is 0 Å². The number of nitrogens with zero attached hydrogens (tertiary/aromatic N) is 2. The third-order valence-corrected chi connectivity index (χ3v) is 8.09. The molecule has 3 aromatic rings. The highest BCUT2D eigenvalue weighted by molar-refractivity contribution is 7.89. The van der Waals surface area contributed by atoms with Crippen LogP contribution in [0.3, 0.4) is 0 Å². The molecule has 8 heteroatoms. The highest BCUT2D eigenvalue weighted by Crippen LogP contribution is 2.41. The summed E-state index contributed by atoms with van der Waals surface area (Å²) >= 11 is 1.27. The molecule has 6 nitrogen and oxygen atoms in total. The Morgan fingerprint density at radius 2 is 1.79 bits per heavy atom. The van der Waals surface area contributed by atoms with E-state index in [1.807, 2.05) is 0 Å². The molecule has 0 atom stereocenters. The van der Waals surface area contributed by atoms with E-state index in [2.05, 4.69) is 0 Å². The maximum Gasteiger partial charge on any atom is 0.275 e. The molecule has 28 heavy (non-hydrogen) atoms. The minimum atomic E-state index is -3.65. The molecule has 0 bridgehead atoms. The SMILES string of the molecule is O=C(c1cccs1)N1C(=O)c2cccc3c(S(=O)(=O)N4CCCC4)ccc1c23. The summed E-state index contributed by atoms with van der Waals surface area (Å²) in [5, 5.41) is 2.79. The van der Waals surface area contributed by atoms with Gasteiger partial charge in [0.15, 0.2) is 0 Å². The molecule has 0 N–H and O–H groups in total. The summed E-state index contributed by atoms with van der Waals surface area (Å²) in [4.78, 5) is 27.7. The zero-order valence-electron chi connectivity index (χ0n) is 14.8. The van der Waals surface area contributed by atoms with Crippen LogP contribution in [0.2, 0.25) is 0 Å².